The number of rotatable bonds is 14. The Hall–Kier alpha value is -5.35. The molecule has 0 fully saturated rings. The minimum absolute atomic E-state index is 0.00975. The SMILES string of the molecule is CCOC(=O)CCCNC(=O)c1cnc(N(Cc2cc(C(F)(F)F)cc(C(F)(F)F)c2)Cc2cc(C(F)(F)F)ccc2-c2cc(C(C)C)ccc2OC)nc1. The van der Waals surface area contributed by atoms with E-state index < -0.39 is 65.7 Å². The quantitative estimate of drug-likeness (QED) is 0.0774. The number of carbonyl (C=O) groups excluding carboxylic acids is 2. The van der Waals surface area contributed by atoms with Crippen molar-refractivity contribution in [3.8, 4) is 16.9 Å². The molecule has 1 N–H and O–H groups in total. The van der Waals surface area contributed by atoms with E-state index in [9.17, 15) is 49.1 Å². The summed E-state index contributed by atoms with van der Waals surface area (Å²) in [7, 11) is 1.36. The monoisotopic (exact) mass is 784 g/mol. The lowest BCUT2D eigenvalue weighted by Gasteiger charge is -2.26. The lowest BCUT2D eigenvalue weighted by molar-refractivity contribution is -0.144. The van der Waals surface area contributed by atoms with Crippen LogP contribution in [0.15, 0.2) is 67.0 Å². The molecule has 8 nitrogen and oxygen atoms in total. The first-order valence-electron chi connectivity index (χ1n) is 16.9. The van der Waals surface area contributed by atoms with E-state index in [0.717, 1.165) is 35.0 Å². The number of carbonyl (C=O) groups is 2. The largest absolute Gasteiger partial charge is 0.496 e. The number of amides is 1. The van der Waals surface area contributed by atoms with Crippen LogP contribution in [-0.2, 0) is 41.1 Å². The van der Waals surface area contributed by atoms with E-state index >= 15 is 0 Å². The Morgan fingerprint density at radius 3 is 1.95 bits per heavy atom. The van der Waals surface area contributed by atoms with Gasteiger partial charge in [0, 0.05) is 44.0 Å². The Balaban J connectivity index is 1.83. The highest BCUT2D eigenvalue weighted by Gasteiger charge is 2.37. The van der Waals surface area contributed by atoms with Gasteiger partial charge in [-0.3, -0.25) is 9.59 Å². The molecule has 0 aliphatic heterocycles. The number of halogens is 9. The van der Waals surface area contributed by atoms with Crippen LogP contribution in [-0.4, -0.2) is 42.1 Å². The topological polar surface area (TPSA) is 93.6 Å². The number of nitrogens with zero attached hydrogens (tertiary/aromatic N) is 3. The molecular formula is C38H37F9N4O4. The van der Waals surface area contributed by atoms with Crippen LogP contribution in [0.25, 0.3) is 11.1 Å². The maximum Gasteiger partial charge on any atom is 0.416 e. The molecule has 4 rings (SSSR count). The van der Waals surface area contributed by atoms with E-state index in [1.54, 1.807) is 25.1 Å². The van der Waals surface area contributed by atoms with Crippen molar-refractivity contribution >= 4 is 17.8 Å². The molecule has 0 unspecified atom stereocenters. The number of hydrogen-bond donors (Lipinski definition) is 1. The van der Waals surface area contributed by atoms with Gasteiger partial charge in [-0.15, -0.1) is 0 Å². The Morgan fingerprint density at radius 1 is 0.782 bits per heavy atom. The smallest absolute Gasteiger partial charge is 0.416 e. The van der Waals surface area contributed by atoms with Crippen molar-refractivity contribution in [2.75, 3.05) is 25.2 Å². The summed E-state index contributed by atoms with van der Waals surface area (Å²) < 4.78 is 136. The van der Waals surface area contributed by atoms with Gasteiger partial charge >= 0.3 is 24.5 Å². The van der Waals surface area contributed by atoms with Crippen LogP contribution in [0.5, 0.6) is 5.75 Å². The van der Waals surface area contributed by atoms with Crippen LogP contribution in [0.2, 0.25) is 0 Å². The van der Waals surface area contributed by atoms with Crippen molar-refractivity contribution in [2.45, 2.75) is 71.1 Å². The first-order valence-corrected chi connectivity index (χ1v) is 16.9. The normalized spacial score (nSPS) is 12.1. The molecule has 0 aliphatic rings. The predicted molar refractivity (Wildman–Crippen MR) is 184 cm³/mol. The van der Waals surface area contributed by atoms with Crippen LogP contribution in [0.4, 0.5) is 45.5 Å². The summed E-state index contributed by atoms with van der Waals surface area (Å²) in [5.74, 6) is -1.16. The molecular weight excluding hydrogens is 747 g/mol. The number of benzene rings is 3. The lowest BCUT2D eigenvalue weighted by atomic mass is 9.92. The maximum atomic E-state index is 14.1. The van der Waals surface area contributed by atoms with E-state index in [-0.39, 0.29) is 60.6 Å². The van der Waals surface area contributed by atoms with Crippen molar-refractivity contribution in [1.82, 2.24) is 15.3 Å². The molecule has 4 aromatic rings. The summed E-state index contributed by atoms with van der Waals surface area (Å²) >= 11 is 0. The minimum atomic E-state index is -5.17. The van der Waals surface area contributed by atoms with Gasteiger partial charge in [0.05, 0.1) is 36.0 Å². The van der Waals surface area contributed by atoms with Crippen molar-refractivity contribution in [3.05, 3.63) is 106 Å². The molecule has 55 heavy (non-hydrogen) atoms. The molecule has 17 heteroatoms. The number of nitrogens with one attached hydrogen (secondary N) is 1. The Kier molecular flexibility index (Phi) is 13.4. The van der Waals surface area contributed by atoms with Gasteiger partial charge in [0.15, 0.2) is 0 Å². The third-order valence-electron chi connectivity index (χ3n) is 8.33. The molecule has 3 aromatic carbocycles. The third-order valence-corrected chi connectivity index (χ3v) is 8.33. The van der Waals surface area contributed by atoms with Crippen molar-refractivity contribution in [1.29, 1.82) is 0 Å². The van der Waals surface area contributed by atoms with E-state index in [0.29, 0.717) is 23.4 Å². The summed E-state index contributed by atoms with van der Waals surface area (Å²) in [4.78, 5) is 33.7. The average molecular weight is 785 g/mol. The predicted octanol–water partition coefficient (Wildman–Crippen LogP) is 9.61. The summed E-state index contributed by atoms with van der Waals surface area (Å²) in [6.45, 7) is 4.42. The second kappa shape index (κ2) is 17.4. The maximum absolute atomic E-state index is 14.1. The highest BCUT2D eigenvalue weighted by atomic mass is 19.4. The van der Waals surface area contributed by atoms with Crippen LogP contribution in [0.3, 0.4) is 0 Å². The first kappa shape index (κ1) is 42.4. The zero-order valence-electron chi connectivity index (χ0n) is 30.0. The Labute approximate surface area is 310 Å². The fraction of sp³-hybridized carbons (Fsp3) is 0.368. The van der Waals surface area contributed by atoms with Gasteiger partial charge in [-0.25, -0.2) is 9.97 Å². The molecule has 0 saturated carbocycles. The second-order valence-corrected chi connectivity index (χ2v) is 12.7. The third kappa shape index (κ3) is 11.3. The zero-order chi connectivity index (χ0) is 40.7. The number of ether oxygens (including phenoxy) is 2. The summed E-state index contributed by atoms with van der Waals surface area (Å²) in [5.41, 5.74) is -3.46. The molecule has 0 bridgehead atoms. The van der Waals surface area contributed by atoms with E-state index in [2.05, 4.69) is 15.3 Å². The van der Waals surface area contributed by atoms with Gasteiger partial charge in [-0.05, 0) is 84.0 Å². The number of aromatic nitrogens is 2. The molecule has 0 saturated heterocycles. The van der Waals surface area contributed by atoms with Gasteiger partial charge in [-0.2, -0.15) is 39.5 Å². The minimum Gasteiger partial charge on any atom is -0.496 e. The van der Waals surface area contributed by atoms with Gasteiger partial charge in [-0.1, -0.05) is 26.0 Å². The first-order chi connectivity index (χ1) is 25.7. The fourth-order valence-corrected chi connectivity index (χ4v) is 5.56. The van der Waals surface area contributed by atoms with Crippen molar-refractivity contribution in [3.63, 3.8) is 0 Å². The summed E-state index contributed by atoms with van der Waals surface area (Å²) in [5, 5.41) is 2.56. The summed E-state index contributed by atoms with van der Waals surface area (Å²) in [6.07, 6.45) is -12.8. The van der Waals surface area contributed by atoms with Crippen LogP contribution in [0.1, 0.15) is 83.3 Å². The highest BCUT2D eigenvalue weighted by molar-refractivity contribution is 5.93. The fourth-order valence-electron chi connectivity index (χ4n) is 5.56. The van der Waals surface area contributed by atoms with Gasteiger partial charge in [0.1, 0.15) is 5.75 Å². The van der Waals surface area contributed by atoms with Gasteiger partial charge in [0.2, 0.25) is 5.95 Å². The number of esters is 1. The second-order valence-electron chi connectivity index (χ2n) is 12.7. The van der Waals surface area contributed by atoms with Crippen LogP contribution in [0, 0.1) is 0 Å². The summed E-state index contributed by atoms with van der Waals surface area (Å²) in [6, 6.07) is 8.99. The number of alkyl halides is 9. The van der Waals surface area contributed by atoms with Crippen LogP contribution < -0.4 is 15.0 Å². The molecule has 0 radical (unpaired) electrons. The molecule has 1 aromatic heterocycles. The Morgan fingerprint density at radius 2 is 1.40 bits per heavy atom. The van der Waals surface area contributed by atoms with E-state index in [4.69, 9.17) is 9.47 Å². The van der Waals surface area contributed by atoms with Crippen LogP contribution >= 0.6 is 0 Å². The van der Waals surface area contributed by atoms with Gasteiger partial charge in [0.25, 0.3) is 5.91 Å². The molecule has 0 atom stereocenters. The number of methoxy groups -OCH3 is 1. The number of hydrogen-bond acceptors (Lipinski definition) is 7. The van der Waals surface area contributed by atoms with E-state index in [1.807, 2.05) is 13.8 Å². The molecule has 0 aliphatic carbocycles. The average Bonchev–Trinajstić information content (AvgIpc) is 3.11. The molecule has 0 spiro atoms. The molecule has 296 valence electrons. The number of anilines is 1. The van der Waals surface area contributed by atoms with Crippen molar-refractivity contribution < 1.29 is 58.6 Å². The molecule has 1 amide bonds. The Bertz CT molecular complexity index is 1930. The zero-order valence-corrected chi connectivity index (χ0v) is 30.0. The highest BCUT2D eigenvalue weighted by Crippen LogP contribution is 2.40. The standard InChI is InChI=1S/C38H37F9N4O4/c1-5-55-33(52)7-6-12-48-34(53)26-18-49-35(50-19-26)51(20-23-13-28(37(42,43)44)17-29(14-23)38(45,46)47)21-25-15-27(36(39,40)41)9-10-30(25)31-16-24(22(2)3)8-11-32(31)54-4/h8-11,13-19,22H,5-7,12,20-21H2,1-4H3,(H,48,53). The lowest BCUT2D eigenvalue weighted by Crippen LogP contribution is -2.27. The van der Waals surface area contributed by atoms with Crippen molar-refractivity contribution in [2.24, 2.45) is 0 Å². The van der Waals surface area contributed by atoms with E-state index in [1.165, 1.54) is 13.2 Å². The van der Waals surface area contributed by atoms with Gasteiger partial charge < -0.3 is 19.7 Å². The molecule has 1 heterocycles.